The average molecular weight is 380 g/mol. The molecule has 5 rings (SSSR count). The fraction of sp³-hybridized carbons (Fsp3) is 0.526. The summed E-state index contributed by atoms with van der Waals surface area (Å²) in [5.41, 5.74) is 2.75. The van der Waals surface area contributed by atoms with Crippen LogP contribution >= 0.6 is 0 Å². The Bertz CT molecular complexity index is 975. The van der Waals surface area contributed by atoms with Crippen molar-refractivity contribution in [2.24, 2.45) is 11.8 Å². The minimum atomic E-state index is 0.588. The van der Waals surface area contributed by atoms with Gasteiger partial charge in [0.15, 0.2) is 17.0 Å². The zero-order valence-corrected chi connectivity index (χ0v) is 16.2. The molecule has 5 heterocycles. The Kier molecular flexibility index (Phi) is 4.31. The zero-order chi connectivity index (χ0) is 19.1. The van der Waals surface area contributed by atoms with Crippen molar-refractivity contribution in [1.82, 2.24) is 29.5 Å². The van der Waals surface area contributed by atoms with Gasteiger partial charge in [-0.1, -0.05) is 0 Å². The molecule has 3 aromatic heterocycles. The van der Waals surface area contributed by atoms with Crippen LogP contribution in [0.4, 0.5) is 11.8 Å². The topological polar surface area (TPSA) is 85.1 Å². The molecule has 9 heteroatoms. The highest BCUT2D eigenvalue weighted by atomic mass is 16.5. The summed E-state index contributed by atoms with van der Waals surface area (Å²) in [6.45, 7) is 7.31. The largest absolute Gasteiger partial charge is 0.383 e. The van der Waals surface area contributed by atoms with Crippen LogP contribution in [0.15, 0.2) is 24.9 Å². The molecule has 0 spiro atoms. The Labute approximate surface area is 163 Å². The van der Waals surface area contributed by atoms with Crippen LogP contribution in [-0.4, -0.2) is 69.4 Å². The predicted octanol–water partition coefficient (Wildman–Crippen LogP) is 1.14. The van der Waals surface area contributed by atoms with Gasteiger partial charge in [0.2, 0.25) is 5.95 Å². The van der Waals surface area contributed by atoms with Gasteiger partial charge in [0.05, 0.1) is 12.9 Å². The molecule has 0 saturated carbocycles. The molecule has 9 nitrogen and oxygen atoms in total. The number of imidazole rings is 1. The van der Waals surface area contributed by atoms with E-state index in [9.17, 15) is 0 Å². The summed E-state index contributed by atoms with van der Waals surface area (Å²) in [4.78, 5) is 27.3. The monoisotopic (exact) mass is 380 g/mol. The lowest BCUT2D eigenvalue weighted by Crippen LogP contribution is -2.30. The summed E-state index contributed by atoms with van der Waals surface area (Å²) in [6, 6.07) is 1.94. The second-order valence-corrected chi connectivity index (χ2v) is 7.63. The van der Waals surface area contributed by atoms with E-state index in [0.717, 1.165) is 61.3 Å². The minimum absolute atomic E-state index is 0.588. The maximum absolute atomic E-state index is 5.18. The summed E-state index contributed by atoms with van der Waals surface area (Å²) >= 11 is 0. The summed E-state index contributed by atoms with van der Waals surface area (Å²) in [5.74, 6) is 2.96. The van der Waals surface area contributed by atoms with Gasteiger partial charge in [0.25, 0.3) is 0 Å². The number of ether oxygens (including phenoxy) is 1. The minimum Gasteiger partial charge on any atom is -0.383 e. The Morgan fingerprint density at radius 2 is 1.82 bits per heavy atom. The quantitative estimate of drug-likeness (QED) is 0.652. The maximum atomic E-state index is 5.18. The van der Waals surface area contributed by atoms with Crippen molar-refractivity contribution in [2.75, 3.05) is 49.7 Å². The lowest BCUT2D eigenvalue weighted by molar-refractivity contribution is 0.188. The third-order valence-electron chi connectivity index (χ3n) is 5.77. The van der Waals surface area contributed by atoms with Crippen LogP contribution < -0.4 is 9.80 Å². The fourth-order valence-corrected chi connectivity index (χ4v) is 4.37. The number of aryl methyl sites for hydroxylation is 1. The lowest BCUT2D eigenvalue weighted by Gasteiger charge is -2.22. The molecular formula is C19H24N8O. The van der Waals surface area contributed by atoms with Gasteiger partial charge in [0.1, 0.15) is 6.33 Å². The number of rotatable bonds is 5. The third kappa shape index (κ3) is 2.95. The molecule has 28 heavy (non-hydrogen) atoms. The highest BCUT2D eigenvalue weighted by molar-refractivity contribution is 5.83. The molecule has 2 aliphatic heterocycles. The number of aromatic nitrogens is 6. The molecule has 0 bridgehead atoms. The molecule has 0 amide bonds. The SMILES string of the molecule is COCCn1cnc2c(N3CC4CN(c5nccc(C)n5)CC4C3)ncnc21. The van der Waals surface area contributed by atoms with Gasteiger partial charge in [-0.15, -0.1) is 0 Å². The van der Waals surface area contributed by atoms with Crippen LogP contribution in [0.5, 0.6) is 0 Å². The number of anilines is 2. The van der Waals surface area contributed by atoms with E-state index in [0.29, 0.717) is 18.4 Å². The zero-order valence-electron chi connectivity index (χ0n) is 16.2. The fourth-order valence-electron chi connectivity index (χ4n) is 4.37. The average Bonchev–Trinajstić information content (AvgIpc) is 3.39. The molecule has 0 aromatic carbocycles. The molecule has 0 aliphatic carbocycles. The summed E-state index contributed by atoms with van der Waals surface area (Å²) in [5, 5.41) is 0. The maximum Gasteiger partial charge on any atom is 0.225 e. The van der Waals surface area contributed by atoms with Crippen LogP contribution in [-0.2, 0) is 11.3 Å². The number of nitrogens with zero attached hydrogens (tertiary/aromatic N) is 8. The smallest absolute Gasteiger partial charge is 0.225 e. The lowest BCUT2D eigenvalue weighted by atomic mass is 10.0. The Hall–Kier alpha value is -2.81. The predicted molar refractivity (Wildman–Crippen MR) is 105 cm³/mol. The number of fused-ring (bicyclic) bond motifs is 2. The third-order valence-corrected chi connectivity index (χ3v) is 5.77. The Morgan fingerprint density at radius 1 is 1.04 bits per heavy atom. The van der Waals surface area contributed by atoms with E-state index >= 15 is 0 Å². The van der Waals surface area contributed by atoms with Crippen molar-refractivity contribution >= 4 is 22.9 Å². The number of hydrogen-bond acceptors (Lipinski definition) is 8. The van der Waals surface area contributed by atoms with Gasteiger partial charge in [-0.05, 0) is 13.0 Å². The van der Waals surface area contributed by atoms with Gasteiger partial charge in [0, 0.05) is 63.6 Å². The van der Waals surface area contributed by atoms with E-state index in [2.05, 4.69) is 34.7 Å². The van der Waals surface area contributed by atoms with Crippen LogP contribution in [0.25, 0.3) is 11.2 Å². The van der Waals surface area contributed by atoms with Gasteiger partial charge in [-0.25, -0.2) is 24.9 Å². The second kappa shape index (κ2) is 6.97. The molecule has 2 fully saturated rings. The van der Waals surface area contributed by atoms with Crippen molar-refractivity contribution in [1.29, 1.82) is 0 Å². The number of methoxy groups -OCH3 is 1. The van der Waals surface area contributed by atoms with Gasteiger partial charge >= 0.3 is 0 Å². The van der Waals surface area contributed by atoms with E-state index in [1.54, 1.807) is 13.4 Å². The first-order chi connectivity index (χ1) is 13.7. The first-order valence-electron chi connectivity index (χ1n) is 9.67. The van der Waals surface area contributed by atoms with E-state index in [4.69, 9.17) is 4.74 Å². The van der Waals surface area contributed by atoms with Crippen LogP contribution in [0.1, 0.15) is 5.69 Å². The molecule has 2 saturated heterocycles. The Morgan fingerprint density at radius 3 is 2.57 bits per heavy atom. The highest BCUT2D eigenvalue weighted by Gasteiger charge is 2.41. The van der Waals surface area contributed by atoms with E-state index < -0.39 is 0 Å². The molecular weight excluding hydrogens is 356 g/mol. The van der Waals surface area contributed by atoms with Gasteiger partial charge < -0.3 is 19.1 Å². The van der Waals surface area contributed by atoms with Crippen molar-refractivity contribution in [3.63, 3.8) is 0 Å². The van der Waals surface area contributed by atoms with Crippen molar-refractivity contribution in [2.45, 2.75) is 13.5 Å². The molecule has 2 atom stereocenters. The second-order valence-electron chi connectivity index (χ2n) is 7.63. The standard InChI is InChI=1S/C19H24N8O/c1-13-3-4-20-19(24-13)27-9-14-7-26(8-15(14)10-27)18-16-17(21-11-22-18)25(12-23-16)5-6-28-2/h3-4,11-12,14-15H,5-10H2,1-2H3. The highest BCUT2D eigenvalue weighted by Crippen LogP contribution is 2.36. The first kappa shape index (κ1) is 17.3. The van der Waals surface area contributed by atoms with E-state index in [-0.39, 0.29) is 0 Å². The number of hydrogen-bond donors (Lipinski definition) is 0. The van der Waals surface area contributed by atoms with Gasteiger partial charge in [-0.2, -0.15) is 0 Å². The molecule has 146 valence electrons. The van der Waals surface area contributed by atoms with E-state index in [1.807, 2.05) is 30.1 Å². The van der Waals surface area contributed by atoms with Crippen molar-refractivity contribution < 1.29 is 4.74 Å². The van der Waals surface area contributed by atoms with E-state index in [1.165, 1.54) is 0 Å². The Balaban J connectivity index is 1.33. The van der Waals surface area contributed by atoms with Crippen LogP contribution in [0, 0.1) is 18.8 Å². The summed E-state index contributed by atoms with van der Waals surface area (Å²) in [7, 11) is 1.70. The van der Waals surface area contributed by atoms with Gasteiger partial charge in [-0.3, -0.25) is 0 Å². The molecule has 0 radical (unpaired) electrons. The van der Waals surface area contributed by atoms with Crippen molar-refractivity contribution in [3.05, 3.63) is 30.6 Å². The molecule has 2 aliphatic rings. The molecule has 2 unspecified atom stereocenters. The molecule has 0 N–H and O–H groups in total. The normalized spacial score (nSPS) is 21.6. The van der Waals surface area contributed by atoms with Crippen LogP contribution in [0.3, 0.4) is 0 Å². The summed E-state index contributed by atoms with van der Waals surface area (Å²) < 4.78 is 7.21. The molecule has 3 aromatic rings. The summed E-state index contributed by atoms with van der Waals surface area (Å²) in [6.07, 6.45) is 5.31. The van der Waals surface area contributed by atoms with Crippen LogP contribution in [0.2, 0.25) is 0 Å². The first-order valence-corrected chi connectivity index (χ1v) is 9.67. The van der Waals surface area contributed by atoms with Crippen molar-refractivity contribution in [3.8, 4) is 0 Å².